The maximum absolute atomic E-state index is 12.6. The molecular formula is C12H12FNO. The molecule has 2 nitrogen and oxygen atoms in total. The third-order valence-electron chi connectivity index (χ3n) is 2.41. The van der Waals surface area contributed by atoms with Crippen LogP contribution >= 0.6 is 0 Å². The minimum atomic E-state index is -0.259. The Morgan fingerprint density at radius 1 is 1.27 bits per heavy atom. The van der Waals surface area contributed by atoms with E-state index in [4.69, 9.17) is 0 Å². The zero-order chi connectivity index (χ0) is 10.7. The summed E-state index contributed by atoms with van der Waals surface area (Å²) in [6.07, 6.45) is 3.58. The highest BCUT2D eigenvalue weighted by Gasteiger charge is 2.13. The van der Waals surface area contributed by atoms with Gasteiger partial charge in [-0.2, -0.15) is 0 Å². The fourth-order valence-corrected chi connectivity index (χ4v) is 1.61. The van der Waals surface area contributed by atoms with Gasteiger partial charge in [-0.3, -0.25) is 4.79 Å². The van der Waals surface area contributed by atoms with Gasteiger partial charge in [0, 0.05) is 12.1 Å². The van der Waals surface area contributed by atoms with Gasteiger partial charge in [-0.05, 0) is 36.6 Å². The van der Waals surface area contributed by atoms with E-state index in [9.17, 15) is 9.18 Å². The molecule has 1 amide bonds. The number of hydrogen-bond donors (Lipinski definition) is 1. The third-order valence-corrected chi connectivity index (χ3v) is 2.41. The molecule has 1 N–H and O–H groups in total. The number of rotatable bonds is 1. The Bertz CT molecular complexity index is 395. The molecule has 1 aliphatic heterocycles. The molecule has 1 aromatic rings. The van der Waals surface area contributed by atoms with Crippen molar-refractivity contribution in [3.05, 3.63) is 41.2 Å². The van der Waals surface area contributed by atoms with Crippen LogP contribution in [0.3, 0.4) is 0 Å². The van der Waals surface area contributed by atoms with E-state index in [2.05, 4.69) is 5.32 Å². The molecular weight excluding hydrogens is 193 g/mol. The largest absolute Gasteiger partial charge is 0.352 e. The molecule has 0 spiro atoms. The zero-order valence-corrected chi connectivity index (χ0v) is 8.29. The highest BCUT2D eigenvalue weighted by Crippen LogP contribution is 2.15. The lowest BCUT2D eigenvalue weighted by Crippen LogP contribution is -2.30. The molecule has 1 saturated heterocycles. The van der Waals surface area contributed by atoms with E-state index < -0.39 is 0 Å². The average molecular weight is 205 g/mol. The summed E-state index contributed by atoms with van der Waals surface area (Å²) in [6.45, 7) is 0.750. The number of carbonyl (C=O) groups excluding carboxylic acids is 1. The summed E-state index contributed by atoms with van der Waals surface area (Å²) in [6, 6.07) is 6.13. The summed E-state index contributed by atoms with van der Waals surface area (Å²) in [5, 5.41) is 2.78. The molecule has 1 heterocycles. The number of piperidine rings is 1. The molecule has 0 saturated carbocycles. The lowest BCUT2D eigenvalue weighted by atomic mass is 10.0. The number of halogens is 1. The first-order chi connectivity index (χ1) is 7.25. The quantitative estimate of drug-likeness (QED) is 0.699. The van der Waals surface area contributed by atoms with Gasteiger partial charge in [0.05, 0.1) is 0 Å². The van der Waals surface area contributed by atoms with Gasteiger partial charge in [0.15, 0.2) is 0 Å². The summed E-state index contributed by atoms with van der Waals surface area (Å²) >= 11 is 0. The second-order valence-electron chi connectivity index (χ2n) is 3.58. The molecule has 0 radical (unpaired) electrons. The molecule has 1 aromatic carbocycles. The Labute approximate surface area is 87.8 Å². The summed E-state index contributed by atoms with van der Waals surface area (Å²) in [7, 11) is 0. The van der Waals surface area contributed by atoms with Crippen molar-refractivity contribution in [3.63, 3.8) is 0 Å². The van der Waals surface area contributed by atoms with Crippen molar-refractivity contribution in [2.75, 3.05) is 6.54 Å². The molecule has 78 valence electrons. The van der Waals surface area contributed by atoms with Crippen LogP contribution in [0.1, 0.15) is 18.4 Å². The van der Waals surface area contributed by atoms with Gasteiger partial charge in [-0.1, -0.05) is 12.1 Å². The summed E-state index contributed by atoms with van der Waals surface area (Å²) in [5.74, 6) is -0.268. The minimum Gasteiger partial charge on any atom is -0.352 e. The molecule has 0 bridgehead atoms. The molecule has 0 atom stereocenters. The molecule has 1 aliphatic rings. The van der Waals surface area contributed by atoms with Crippen LogP contribution in [-0.2, 0) is 4.79 Å². The number of hydrogen-bond acceptors (Lipinski definition) is 1. The summed E-state index contributed by atoms with van der Waals surface area (Å²) < 4.78 is 12.6. The highest BCUT2D eigenvalue weighted by atomic mass is 19.1. The van der Waals surface area contributed by atoms with Crippen molar-refractivity contribution in [1.29, 1.82) is 0 Å². The average Bonchev–Trinajstić information content (AvgIpc) is 2.25. The first-order valence-electron chi connectivity index (χ1n) is 5.00. The van der Waals surface area contributed by atoms with Crippen LogP contribution in [0.5, 0.6) is 0 Å². The Morgan fingerprint density at radius 2 is 2.00 bits per heavy atom. The Balaban J connectivity index is 2.21. The van der Waals surface area contributed by atoms with Crippen LogP contribution in [-0.4, -0.2) is 12.5 Å². The van der Waals surface area contributed by atoms with Gasteiger partial charge in [0.1, 0.15) is 5.82 Å². The molecule has 1 fully saturated rings. The van der Waals surface area contributed by atoms with Gasteiger partial charge in [0.25, 0.3) is 0 Å². The molecule has 0 aromatic heterocycles. The van der Waals surface area contributed by atoms with E-state index in [1.807, 2.05) is 6.08 Å². The van der Waals surface area contributed by atoms with Gasteiger partial charge in [-0.15, -0.1) is 0 Å². The topological polar surface area (TPSA) is 29.1 Å². The monoisotopic (exact) mass is 205 g/mol. The van der Waals surface area contributed by atoms with Gasteiger partial charge in [0.2, 0.25) is 5.91 Å². The molecule has 3 heteroatoms. The van der Waals surface area contributed by atoms with Crippen molar-refractivity contribution in [2.24, 2.45) is 0 Å². The van der Waals surface area contributed by atoms with E-state index in [0.29, 0.717) is 0 Å². The smallest absolute Gasteiger partial charge is 0.247 e. The summed E-state index contributed by atoms with van der Waals surface area (Å²) in [5.41, 5.74) is 1.64. The number of nitrogens with one attached hydrogen (secondary N) is 1. The van der Waals surface area contributed by atoms with Crippen LogP contribution in [0.25, 0.3) is 6.08 Å². The van der Waals surface area contributed by atoms with E-state index in [1.54, 1.807) is 12.1 Å². The molecule has 0 aliphatic carbocycles. The number of benzene rings is 1. The number of carbonyl (C=O) groups is 1. The Morgan fingerprint density at radius 3 is 2.67 bits per heavy atom. The highest BCUT2D eigenvalue weighted by molar-refractivity contribution is 5.98. The van der Waals surface area contributed by atoms with Gasteiger partial charge >= 0.3 is 0 Å². The minimum absolute atomic E-state index is 0.00873. The second-order valence-corrected chi connectivity index (χ2v) is 3.58. The maximum Gasteiger partial charge on any atom is 0.247 e. The lowest BCUT2D eigenvalue weighted by Gasteiger charge is -2.14. The number of amides is 1. The molecule has 2 rings (SSSR count). The Kier molecular flexibility index (Phi) is 2.81. The van der Waals surface area contributed by atoms with E-state index in [0.717, 1.165) is 30.5 Å². The van der Waals surface area contributed by atoms with Crippen LogP contribution < -0.4 is 5.32 Å². The molecule has 15 heavy (non-hydrogen) atoms. The fourth-order valence-electron chi connectivity index (χ4n) is 1.61. The van der Waals surface area contributed by atoms with Crippen LogP contribution in [0.2, 0.25) is 0 Å². The maximum atomic E-state index is 12.6. The Hall–Kier alpha value is -1.64. The van der Waals surface area contributed by atoms with E-state index in [-0.39, 0.29) is 11.7 Å². The predicted molar refractivity (Wildman–Crippen MR) is 56.6 cm³/mol. The van der Waals surface area contributed by atoms with Crippen molar-refractivity contribution < 1.29 is 9.18 Å². The normalized spacial score (nSPS) is 19.0. The van der Waals surface area contributed by atoms with Crippen molar-refractivity contribution >= 4 is 12.0 Å². The first kappa shape index (κ1) is 9.90. The third kappa shape index (κ3) is 2.43. The van der Waals surface area contributed by atoms with E-state index in [1.165, 1.54) is 12.1 Å². The van der Waals surface area contributed by atoms with Crippen LogP contribution in [0, 0.1) is 5.82 Å². The van der Waals surface area contributed by atoms with Gasteiger partial charge < -0.3 is 5.32 Å². The van der Waals surface area contributed by atoms with Crippen molar-refractivity contribution in [1.82, 2.24) is 5.32 Å². The molecule has 0 unspecified atom stereocenters. The SMILES string of the molecule is O=C1NCCC/C1=C\c1ccc(F)cc1. The lowest BCUT2D eigenvalue weighted by molar-refractivity contribution is -0.118. The van der Waals surface area contributed by atoms with Crippen LogP contribution in [0.4, 0.5) is 4.39 Å². The zero-order valence-electron chi connectivity index (χ0n) is 8.29. The van der Waals surface area contributed by atoms with Crippen molar-refractivity contribution in [3.8, 4) is 0 Å². The van der Waals surface area contributed by atoms with Crippen molar-refractivity contribution in [2.45, 2.75) is 12.8 Å². The van der Waals surface area contributed by atoms with Gasteiger partial charge in [-0.25, -0.2) is 4.39 Å². The summed E-state index contributed by atoms with van der Waals surface area (Å²) in [4.78, 5) is 11.4. The second kappa shape index (κ2) is 4.26. The predicted octanol–water partition coefficient (Wildman–Crippen LogP) is 2.12. The van der Waals surface area contributed by atoms with Crippen LogP contribution in [0.15, 0.2) is 29.8 Å². The fraction of sp³-hybridized carbons (Fsp3) is 0.250. The standard InChI is InChI=1S/C12H12FNO/c13-11-5-3-9(4-6-11)8-10-2-1-7-14-12(10)15/h3-6,8H,1-2,7H2,(H,14,15)/b10-8+. The first-order valence-corrected chi connectivity index (χ1v) is 5.00. The van der Waals surface area contributed by atoms with E-state index >= 15 is 0 Å².